The number of nitrogens with zero attached hydrogens (tertiary/aromatic N) is 1. The third kappa shape index (κ3) is 6.56. The molecule has 0 spiro atoms. The van der Waals surface area contributed by atoms with Crippen LogP contribution in [0, 0.1) is 17.7 Å². The smallest absolute Gasteiger partial charge is 0.217 e. The lowest BCUT2D eigenvalue weighted by atomic mass is 9.83. The third-order valence-corrected chi connectivity index (χ3v) is 7.10. The lowest BCUT2D eigenvalue weighted by Crippen LogP contribution is -2.38. The minimum absolute atomic E-state index is 0.103. The highest BCUT2D eigenvalue weighted by atomic mass is 79.9. The van der Waals surface area contributed by atoms with E-state index in [1.165, 1.54) is 57.8 Å². The summed E-state index contributed by atoms with van der Waals surface area (Å²) >= 11 is 3.56. The number of carbonyl (C=O) groups is 1. The number of likely N-dealkylation sites (tertiary alicyclic amines) is 1. The molecular formula is C22H32BrFN2O. The molecule has 0 bridgehead atoms. The quantitative estimate of drug-likeness (QED) is 0.682. The first-order chi connectivity index (χ1) is 13.0. The van der Waals surface area contributed by atoms with Gasteiger partial charge in [-0.15, -0.1) is 0 Å². The molecule has 1 heterocycles. The second-order valence-corrected chi connectivity index (χ2v) is 9.29. The summed E-state index contributed by atoms with van der Waals surface area (Å²) in [4.78, 5) is 13.8. The Labute approximate surface area is 171 Å². The molecule has 0 atom stereocenters. The lowest BCUT2D eigenvalue weighted by Gasteiger charge is -2.34. The summed E-state index contributed by atoms with van der Waals surface area (Å²) in [6, 6.07) is 5.41. The number of halogens is 2. The fourth-order valence-corrected chi connectivity index (χ4v) is 5.08. The average molecular weight is 439 g/mol. The van der Waals surface area contributed by atoms with E-state index in [9.17, 15) is 9.18 Å². The van der Waals surface area contributed by atoms with Gasteiger partial charge in [0, 0.05) is 17.4 Å². The first kappa shape index (κ1) is 20.8. The van der Waals surface area contributed by atoms with Crippen molar-refractivity contribution in [2.24, 2.45) is 11.8 Å². The summed E-state index contributed by atoms with van der Waals surface area (Å²) in [5, 5.41) is 3.06. The number of amides is 1. The Balaban J connectivity index is 1.34. The average Bonchev–Trinajstić information content (AvgIpc) is 2.65. The number of hydrogen-bond donors (Lipinski definition) is 1. The van der Waals surface area contributed by atoms with Crippen molar-refractivity contribution in [1.82, 2.24) is 10.2 Å². The maximum Gasteiger partial charge on any atom is 0.217 e. The van der Waals surface area contributed by atoms with Crippen molar-refractivity contribution in [3.8, 4) is 0 Å². The van der Waals surface area contributed by atoms with Crippen molar-refractivity contribution < 1.29 is 9.18 Å². The van der Waals surface area contributed by atoms with Crippen LogP contribution >= 0.6 is 15.9 Å². The van der Waals surface area contributed by atoms with Gasteiger partial charge in [0.1, 0.15) is 5.82 Å². The van der Waals surface area contributed by atoms with Gasteiger partial charge < -0.3 is 10.2 Å². The molecule has 0 radical (unpaired) electrons. The molecule has 1 amide bonds. The van der Waals surface area contributed by atoms with Crippen LogP contribution in [0.15, 0.2) is 22.7 Å². The SMILES string of the molecule is CC(=O)NC1CCC(CCN2CCC(Cc3cc(F)ccc3Br)CC2)CC1. The van der Waals surface area contributed by atoms with Gasteiger partial charge in [0.2, 0.25) is 5.91 Å². The topological polar surface area (TPSA) is 32.3 Å². The van der Waals surface area contributed by atoms with Crippen molar-refractivity contribution in [3.05, 3.63) is 34.1 Å². The van der Waals surface area contributed by atoms with Crippen LogP contribution in [0.4, 0.5) is 4.39 Å². The van der Waals surface area contributed by atoms with E-state index in [4.69, 9.17) is 0 Å². The zero-order chi connectivity index (χ0) is 19.2. The highest BCUT2D eigenvalue weighted by Gasteiger charge is 2.24. The van der Waals surface area contributed by atoms with E-state index in [0.29, 0.717) is 12.0 Å². The highest BCUT2D eigenvalue weighted by molar-refractivity contribution is 9.10. The van der Waals surface area contributed by atoms with E-state index in [0.717, 1.165) is 35.2 Å². The Morgan fingerprint density at radius 2 is 1.85 bits per heavy atom. The van der Waals surface area contributed by atoms with Crippen LogP contribution in [0.25, 0.3) is 0 Å². The summed E-state index contributed by atoms with van der Waals surface area (Å²) in [5.74, 6) is 1.44. The number of piperidine rings is 1. The first-order valence-corrected chi connectivity index (χ1v) is 11.2. The van der Waals surface area contributed by atoms with Crippen LogP contribution in [-0.2, 0) is 11.2 Å². The van der Waals surface area contributed by atoms with Gasteiger partial charge in [-0.3, -0.25) is 4.79 Å². The molecule has 1 aliphatic heterocycles. The molecule has 3 rings (SSSR count). The maximum atomic E-state index is 13.5. The number of benzene rings is 1. The van der Waals surface area contributed by atoms with Crippen molar-refractivity contribution in [2.45, 2.75) is 64.3 Å². The summed E-state index contributed by atoms with van der Waals surface area (Å²) in [5.41, 5.74) is 1.10. The fourth-order valence-electron chi connectivity index (χ4n) is 4.67. The normalized spacial score (nSPS) is 24.7. The molecule has 1 aromatic carbocycles. The van der Waals surface area contributed by atoms with Crippen molar-refractivity contribution in [1.29, 1.82) is 0 Å². The summed E-state index contributed by atoms with van der Waals surface area (Å²) in [7, 11) is 0. The number of hydrogen-bond acceptors (Lipinski definition) is 2. The molecule has 1 aliphatic carbocycles. The Kier molecular flexibility index (Phi) is 7.71. The van der Waals surface area contributed by atoms with E-state index in [2.05, 4.69) is 26.1 Å². The van der Waals surface area contributed by atoms with Gasteiger partial charge in [0.15, 0.2) is 0 Å². The van der Waals surface area contributed by atoms with Crippen LogP contribution in [0.3, 0.4) is 0 Å². The van der Waals surface area contributed by atoms with Gasteiger partial charge in [-0.05, 0) is 107 Å². The monoisotopic (exact) mass is 438 g/mol. The van der Waals surface area contributed by atoms with Gasteiger partial charge in [-0.25, -0.2) is 4.39 Å². The molecule has 27 heavy (non-hydrogen) atoms. The van der Waals surface area contributed by atoms with E-state index in [1.807, 2.05) is 6.07 Å². The van der Waals surface area contributed by atoms with Gasteiger partial charge in [-0.1, -0.05) is 15.9 Å². The Bertz CT molecular complexity index is 623. The molecule has 2 aliphatic rings. The van der Waals surface area contributed by atoms with Gasteiger partial charge in [0.05, 0.1) is 0 Å². The summed E-state index contributed by atoms with van der Waals surface area (Å²) in [6.07, 6.45) is 9.43. The molecular weight excluding hydrogens is 407 g/mol. The molecule has 2 fully saturated rings. The maximum absolute atomic E-state index is 13.5. The molecule has 0 aromatic heterocycles. The van der Waals surface area contributed by atoms with E-state index in [-0.39, 0.29) is 11.7 Å². The van der Waals surface area contributed by atoms with Crippen LogP contribution in [0.5, 0.6) is 0 Å². The minimum atomic E-state index is -0.140. The second kappa shape index (κ2) is 10.0. The Hall–Kier alpha value is -0.940. The Morgan fingerprint density at radius 1 is 1.15 bits per heavy atom. The molecule has 1 saturated carbocycles. The van der Waals surface area contributed by atoms with E-state index < -0.39 is 0 Å². The number of carbonyl (C=O) groups excluding carboxylic acids is 1. The summed E-state index contributed by atoms with van der Waals surface area (Å²) < 4.78 is 14.5. The van der Waals surface area contributed by atoms with Gasteiger partial charge in [0.25, 0.3) is 0 Å². The van der Waals surface area contributed by atoms with Crippen LogP contribution in [0.2, 0.25) is 0 Å². The number of rotatable bonds is 6. The first-order valence-electron chi connectivity index (χ1n) is 10.4. The molecule has 1 N–H and O–H groups in total. The minimum Gasteiger partial charge on any atom is -0.354 e. The van der Waals surface area contributed by atoms with Gasteiger partial charge >= 0.3 is 0 Å². The second-order valence-electron chi connectivity index (χ2n) is 8.43. The standard InChI is InChI=1S/C22H32BrFN2O/c1-16(27)25-21-5-2-17(3-6-21)8-11-26-12-9-18(10-13-26)14-19-15-20(24)4-7-22(19)23/h4,7,15,17-18,21H,2-3,5-6,8-14H2,1H3,(H,25,27). The molecule has 3 nitrogen and oxygen atoms in total. The fraction of sp³-hybridized carbons (Fsp3) is 0.682. The van der Waals surface area contributed by atoms with Gasteiger partial charge in [-0.2, -0.15) is 0 Å². The van der Waals surface area contributed by atoms with Crippen LogP contribution < -0.4 is 5.32 Å². The molecule has 0 unspecified atom stereocenters. The largest absolute Gasteiger partial charge is 0.354 e. The summed E-state index contributed by atoms with van der Waals surface area (Å²) in [6.45, 7) is 5.15. The third-order valence-electron chi connectivity index (χ3n) is 6.33. The predicted molar refractivity (Wildman–Crippen MR) is 111 cm³/mol. The molecule has 5 heteroatoms. The van der Waals surface area contributed by atoms with E-state index >= 15 is 0 Å². The number of nitrogens with one attached hydrogen (secondary N) is 1. The van der Waals surface area contributed by atoms with Crippen molar-refractivity contribution in [3.63, 3.8) is 0 Å². The van der Waals surface area contributed by atoms with Crippen LogP contribution in [0.1, 0.15) is 57.4 Å². The predicted octanol–water partition coefficient (Wildman–Crippen LogP) is 4.93. The molecule has 150 valence electrons. The molecule has 1 saturated heterocycles. The zero-order valence-electron chi connectivity index (χ0n) is 16.4. The van der Waals surface area contributed by atoms with Crippen molar-refractivity contribution in [2.75, 3.05) is 19.6 Å². The van der Waals surface area contributed by atoms with E-state index in [1.54, 1.807) is 13.0 Å². The molecule has 1 aromatic rings. The van der Waals surface area contributed by atoms with Crippen molar-refractivity contribution >= 4 is 21.8 Å². The highest BCUT2D eigenvalue weighted by Crippen LogP contribution is 2.29. The van der Waals surface area contributed by atoms with Crippen LogP contribution in [-0.4, -0.2) is 36.5 Å². The lowest BCUT2D eigenvalue weighted by molar-refractivity contribution is -0.119. The Morgan fingerprint density at radius 3 is 2.52 bits per heavy atom. The zero-order valence-corrected chi connectivity index (χ0v) is 17.9.